The Morgan fingerprint density at radius 1 is 1.13 bits per heavy atom. The predicted molar refractivity (Wildman–Crippen MR) is 90.1 cm³/mol. The zero-order valence-corrected chi connectivity index (χ0v) is 13.9. The van der Waals surface area contributed by atoms with Gasteiger partial charge in [-0.25, -0.2) is 4.98 Å². The molecule has 124 valence electrons. The standard InChI is InChI=1S/C18H26N4O/c1-16-19-9-14-22(16)11-4-10-21-12-6-18(7-13-21)23-15-17-5-2-3-8-20-17/h2-3,5,8-9,14,18H,4,6-7,10-13,15H2,1H3. The summed E-state index contributed by atoms with van der Waals surface area (Å²) in [5.41, 5.74) is 1.02. The molecule has 23 heavy (non-hydrogen) atoms. The molecule has 0 radical (unpaired) electrons. The molecule has 1 saturated heterocycles. The van der Waals surface area contributed by atoms with Crippen LogP contribution in [0.3, 0.4) is 0 Å². The van der Waals surface area contributed by atoms with Crippen LogP contribution in [0.4, 0.5) is 0 Å². The third kappa shape index (κ3) is 4.88. The Bertz CT molecular complexity index is 576. The fraction of sp³-hybridized carbons (Fsp3) is 0.556. The molecule has 2 aromatic rings. The summed E-state index contributed by atoms with van der Waals surface area (Å²) in [5.74, 6) is 1.10. The van der Waals surface area contributed by atoms with Crippen LogP contribution in [0.25, 0.3) is 0 Å². The van der Waals surface area contributed by atoms with Crippen molar-refractivity contribution in [2.24, 2.45) is 0 Å². The SMILES string of the molecule is Cc1nccn1CCCN1CCC(OCc2ccccn2)CC1. The van der Waals surface area contributed by atoms with Gasteiger partial charge in [0.2, 0.25) is 0 Å². The number of pyridine rings is 1. The van der Waals surface area contributed by atoms with Crippen LogP contribution in [0.5, 0.6) is 0 Å². The van der Waals surface area contributed by atoms with E-state index in [1.54, 1.807) is 0 Å². The van der Waals surface area contributed by atoms with Gasteiger partial charge in [0, 0.05) is 38.2 Å². The minimum atomic E-state index is 0.379. The monoisotopic (exact) mass is 314 g/mol. The quantitative estimate of drug-likeness (QED) is 0.788. The maximum atomic E-state index is 5.99. The van der Waals surface area contributed by atoms with Gasteiger partial charge in [0.1, 0.15) is 5.82 Å². The molecule has 0 aromatic carbocycles. The van der Waals surface area contributed by atoms with E-state index in [-0.39, 0.29) is 0 Å². The first-order valence-corrected chi connectivity index (χ1v) is 8.53. The van der Waals surface area contributed by atoms with E-state index in [1.807, 2.05) is 30.6 Å². The van der Waals surface area contributed by atoms with E-state index >= 15 is 0 Å². The van der Waals surface area contributed by atoms with Crippen LogP contribution in [0.15, 0.2) is 36.8 Å². The zero-order chi connectivity index (χ0) is 15.9. The van der Waals surface area contributed by atoms with E-state index in [2.05, 4.69) is 32.6 Å². The lowest BCUT2D eigenvalue weighted by atomic mass is 10.1. The second-order valence-electron chi connectivity index (χ2n) is 6.19. The Hall–Kier alpha value is -1.72. The molecule has 0 saturated carbocycles. The fourth-order valence-electron chi connectivity index (χ4n) is 3.09. The van der Waals surface area contributed by atoms with Gasteiger partial charge in [-0.15, -0.1) is 0 Å². The molecule has 2 aromatic heterocycles. The second-order valence-corrected chi connectivity index (χ2v) is 6.19. The van der Waals surface area contributed by atoms with Crippen molar-refractivity contribution in [2.45, 2.75) is 45.4 Å². The molecule has 1 fully saturated rings. The maximum Gasteiger partial charge on any atom is 0.105 e. The van der Waals surface area contributed by atoms with E-state index in [4.69, 9.17) is 4.74 Å². The zero-order valence-electron chi connectivity index (χ0n) is 13.9. The summed E-state index contributed by atoms with van der Waals surface area (Å²) >= 11 is 0. The van der Waals surface area contributed by atoms with Crippen LogP contribution in [0.2, 0.25) is 0 Å². The van der Waals surface area contributed by atoms with Gasteiger partial charge in [0.25, 0.3) is 0 Å². The van der Waals surface area contributed by atoms with Crippen LogP contribution in [0.1, 0.15) is 30.8 Å². The predicted octanol–water partition coefficient (Wildman–Crippen LogP) is 2.66. The van der Waals surface area contributed by atoms with Crippen molar-refractivity contribution in [1.82, 2.24) is 19.4 Å². The molecule has 1 aliphatic rings. The molecule has 0 aliphatic carbocycles. The number of imidazole rings is 1. The number of ether oxygens (including phenoxy) is 1. The molecule has 5 nitrogen and oxygen atoms in total. The summed E-state index contributed by atoms with van der Waals surface area (Å²) < 4.78 is 8.22. The first kappa shape index (κ1) is 16.1. The summed E-state index contributed by atoms with van der Waals surface area (Å²) in [6, 6.07) is 5.97. The first-order chi connectivity index (χ1) is 11.3. The Labute approximate surface area is 138 Å². The van der Waals surface area contributed by atoms with Gasteiger partial charge in [-0.3, -0.25) is 4.98 Å². The van der Waals surface area contributed by atoms with E-state index in [1.165, 1.54) is 6.42 Å². The molecule has 5 heteroatoms. The Kier molecular flexibility index (Phi) is 5.77. The topological polar surface area (TPSA) is 43.2 Å². The summed E-state index contributed by atoms with van der Waals surface area (Å²) in [5, 5.41) is 0. The highest BCUT2D eigenvalue weighted by Crippen LogP contribution is 2.15. The van der Waals surface area contributed by atoms with E-state index in [9.17, 15) is 0 Å². The lowest BCUT2D eigenvalue weighted by Gasteiger charge is -2.31. The first-order valence-electron chi connectivity index (χ1n) is 8.53. The van der Waals surface area contributed by atoms with Crippen LogP contribution in [0, 0.1) is 6.92 Å². The van der Waals surface area contributed by atoms with Gasteiger partial charge < -0.3 is 14.2 Å². The number of hydrogen-bond donors (Lipinski definition) is 0. The number of likely N-dealkylation sites (tertiary alicyclic amines) is 1. The number of aryl methyl sites for hydroxylation is 2. The highest BCUT2D eigenvalue weighted by molar-refractivity contribution is 5.02. The van der Waals surface area contributed by atoms with Crippen LogP contribution >= 0.6 is 0 Å². The molecule has 0 atom stereocenters. The molecule has 0 spiro atoms. The Morgan fingerprint density at radius 3 is 2.70 bits per heavy atom. The average molecular weight is 314 g/mol. The largest absolute Gasteiger partial charge is 0.372 e. The second kappa shape index (κ2) is 8.22. The lowest BCUT2D eigenvalue weighted by molar-refractivity contribution is -0.00402. The molecule has 0 N–H and O–H groups in total. The highest BCUT2D eigenvalue weighted by Gasteiger charge is 2.19. The van der Waals surface area contributed by atoms with E-state index < -0.39 is 0 Å². The maximum absolute atomic E-state index is 5.99. The van der Waals surface area contributed by atoms with Crippen molar-refractivity contribution < 1.29 is 4.74 Å². The summed E-state index contributed by atoms with van der Waals surface area (Å²) in [7, 11) is 0. The summed E-state index contributed by atoms with van der Waals surface area (Å²) in [4.78, 5) is 11.1. The Morgan fingerprint density at radius 2 is 2.00 bits per heavy atom. The van der Waals surface area contributed by atoms with Gasteiger partial charge in [0.05, 0.1) is 18.4 Å². The molecule has 1 aliphatic heterocycles. The number of rotatable bonds is 7. The van der Waals surface area contributed by atoms with Crippen molar-refractivity contribution in [2.75, 3.05) is 19.6 Å². The van der Waals surface area contributed by atoms with Gasteiger partial charge in [0.15, 0.2) is 0 Å². The molecular weight excluding hydrogens is 288 g/mol. The molecule has 0 bridgehead atoms. The third-order valence-corrected chi connectivity index (χ3v) is 4.52. The van der Waals surface area contributed by atoms with Crippen molar-refractivity contribution in [3.8, 4) is 0 Å². The summed E-state index contributed by atoms with van der Waals surface area (Å²) in [6.07, 6.45) is 9.56. The van der Waals surface area contributed by atoms with Crippen molar-refractivity contribution in [3.63, 3.8) is 0 Å². The minimum Gasteiger partial charge on any atom is -0.372 e. The molecule has 3 heterocycles. The highest BCUT2D eigenvalue weighted by atomic mass is 16.5. The Balaban J connectivity index is 1.31. The fourth-order valence-corrected chi connectivity index (χ4v) is 3.09. The van der Waals surface area contributed by atoms with Crippen LogP contribution in [-0.4, -0.2) is 45.2 Å². The van der Waals surface area contributed by atoms with Crippen LogP contribution < -0.4 is 0 Å². The molecule has 0 amide bonds. The van der Waals surface area contributed by atoms with Gasteiger partial charge in [-0.1, -0.05) is 6.07 Å². The number of nitrogens with zero attached hydrogens (tertiary/aromatic N) is 4. The normalized spacial score (nSPS) is 16.7. The van der Waals surface area contributed by atoms with Crippen molar-refractivity contribution in [3.05, 3.63) is 48.3 Å². The van der Waals surface area contributed by atoms with Crippen molar-refractivity contribution >= 4 is 0 Å². The number of piperidine rings is 1. The van der Waals surface area contributed by atoms with Gasteiger partial charge >= 0.3 is 0 Å². The molecule has 3 rings (SSSR count). The summed E-state index contributed by atoms with van der Waals surface area (Å²) in [6.45, 7) is 7.17. The molecular formula is C18H26N4O. The smallest absolute Gasteiger partial charge is 0.105 e. The average Bonchev–Trinajstić information content (AvgIpc) is 3.00. The van der Waals surface area contributed by atoms with Crippen LogP contribution in [-0.2, 0) is 17.9 Å². The van der Waals surface area contributed by atoms with Gasteiger partial charge in [-0.2, -0.15) is 0 Å². The third-order valence-electron chi connectivity index (χ3n) is 4.52. The number of aromatic nitrogens is 3. The minimum absolute atomic E-state index is 0.379. The van der Waals surface area contributed by atoms with Gasteiger partial charge in [-0.05, 0) is 44.9 Å². The molecule has 0 unspecified atom stereocenters. The lowest BCUT2D eigenvalue weighted by Crippen LogP contribution is -2.37. The van der Waals surface area contributed by atoms with E-state index in [0.29, 0.717) is 12.7 Å². The van der Waals surface area contributed by atoms with Crippen molar-refractivity contribution in [1.29, 1.82) is 0 Å². The van der Waals surface area contributed by atoms with E-state index in [0.717, 1.165) is 50.5 Å². The number of hydrogen-bond acceptors (Lipinski definition) is 4.